The van der Waals surface area contributed by atoms with Crippen molar-refractivity contribution in [2.45, 2.75) is 57.7 Å². The Morgan fingerprint density at radius 1 is 1.31 bits per heavy atom. The minimum absolute atomic E-state index is 0.119. The van der Waals surface area contributed by atoms with Crippen LogP contribution in [0.5, 0.6) is 0 Å². The van der Waals surface area contributed by atoms with Crippen molar-refractivity contribution in [1.29, 1.82) is 0 Å². The first-order valence-electron chi connectivity index (χ1n) is 10.0. The van der Waals surface area contributed by atoms with E-state index in [1.807, 2.05) is 4.90 Å². The van der Waals surface area contributed by atoms with Crippen LogP contribution < -0.4 is 16.0 Å². The molecule has 2 aromatic rings. The molecule has 32 heavy (non-hydrogen) atoms. The number of nitrogen functional groups attached to an aromatic ring is 1. The first-order chi connectivity index (χ1) is 14.8. The van der Waals surface area contributed by atoms with Gasteiger partial charge < -0.3 is 20.7 Å². The number of carbonyl (C=O) groups is 1. The lowest BCUT2D eigenvalue weighted by Crippen LogP contribution is -2.54. The average Bonchev–Trinajstić information content (AvgIpc) is 3.08. The van der Waals surface area contributed by atoms with Crippen molar-refractivity contribution >= 4 is 17.6 Å². The molecule has 3 rings (SSSR count). The summed E-state index contributed by atoms with van der Waals surface area (Å²) < 4.78 is 58.6. The smallest absolute Gasteiger partial charge is 0.408 e. The fourth-order valence-electron chi connectivity index (χ4n) is 3.45. The van der Waals surface area contributed by atoms with Crippen molar-refractivity contribution in [3.05, 3.63) is 24.7 Å². The molecule has 0 bridgehead atoms. The molecule has 1 fully saturated rings. The molecular weight excluding hydrogens is 432 g/mol. The highest BCUT2D eigenvalue weighted by Gasteiger charge is 2.33. The number of amides is 1. The zero-order chi connectivity index (χ0) is 23.7. The van der Waals surface area contributed by atoms with Crippen molar-refractivity contribution in [3.8, 4) is 11.1 Å². The quantitative estimate of drug-likeness (QED) is 0.681. The molecule has 0 spiro atoms. The Bertz CT molecular complexity index is 956. The fourth-order valence-corrected chi connectivity index (χ4v) is 3.45. The Morgan fingerprint density at radius 2 is 2.03 bits per heavy atom. The molecule has 176 valence electrons. The van der Waals surface area contributed by atoms with Gasteiger partial charge in [-0.1, -0.05) is 0 Å². The van der Waals surface area contributed by atoms with Crippen LogP contribution in [0.15, 0.2) is 24.7 Å². The number of nitrogens with one attached hydrogen (secondary N) is 1. The van der Waals surface area contributed by atoms with E-state index in [1.165, 1.54) is 18.6 Å². The summed E-state index contributed by atoms with van der Waals surface area (Å²) in [5.74, 6) is 0.199. The number of piperidine rings is 1. The SMILES string of the molecule is CC(C)(C)OC(=O)N[C@@H]1CN(c2cc(N)ncc2-c2cnn(CC(F)(F)F)c2)CC[C@@H]1F. The normalized spacial score (nSPS) is 19.7. The zero-order valence-corrected chi connectivity index (χ0v) is 18.0. The van der Waals surface area contributed by atoms with Gasteiger partial charge in [-0.2, -0.15) is 18.3 Å². The molecule has 0 radical (unpaired) electrons. The van der Waals surface area contributed by atoms with E-state index in [9.17, 15) is 22.4 Å². The third-order valence-corrected chi connectivity index (χ3v) is 4.76. The number of aromatic nitrogens is 3. The van der Waals surface area contributed by atoms with Crippen LogP contribution in [0.25, 0.3) is 11.1 Å². The summed E-state index contributed by atoms with van der Waals surface area (Å²) in [6.07, 6.45) is -2.27. The van der Waals surface area contributed by atoms with Gasteiger partial charge in [-0.05, 0) is 27.2 Å². The number of nitrogens with zero attached hydrogens (tertiary/aromatic N) is 4. The largest absolute Gasteiger partial charge is 0.444 e. The average molecular weight is 458 g/mol. The van der Waals surface area contributed by atoms with Crippen molar-refractivity contribution < 1.29 is 27.1 Å². The standard InChI is InChI=1S/C20H26F4N6O2/c1-19(2,3)32-18(31)28-15-10-29(5-4-14(15)21)16-6-17(25)26-8-13(16)12-7-27-30(9-12)11-20(22,23)24/h6-9,14-15H,4-5,10-11H2,1-3H3,(H2,25,26)(H,28,31)/t14-,15+/m0/s1. The Kier molecular flexibility index (Phi) is 6.51. The fraction of sp³-hybridized carbons (Fsp3) is 0.550. The number of halogens is 4. The highest BCUT2D eigenvalue weighted by atomic mass is 19.4. The number of carbonyl (C=O) groups excluding carboxylic acids is 1. The van der Waals surface area contributed by atoms with E-state index in [0.717, 1.165) is 4.68 Å². The maximum absolute atomic E-state index is 14.5. The van der Waals surface area contributed by atoms with Crippen molar-refractivity contribution in [3.63, 3.8) is 0 Å². The maximum Gasteiger partial charge on any atom is 0.408 e. The lowest BCUT2D eigenvalue weighted by atomic mass is 10.0. The zero-order valence-electron chi connectivity index (χ0n) is 18.0. The minimum atomic E-state index is -4.41. The third-order valence-electron chi connectivity index (χ3n) is 4.76. The van der Waals surface area contributed by atoms with Gasteiger partial charge in [-0.15, -0.1) is 0 Å². The van der Waals surface area contributed by atoms with Gasteiger partial charge in [0.1, 0.15) is 24.1 Å². The lowest BCUT2D eigenvalue weighted by molar-refractivity contribution is -0.142. The number of hydrogen-bond donors (Lipinski definition) is 2. The number of pyridine rings is 1. The third kappa shape index (κ3) is 6.24. The molecule has 0 unspecified atom stereocenters. The van der Waals surface area contributed by atoms with Crippen LogP contribution in [0.1, 0.15) is 27.2 Å². The molecule has 8 nitrogen and oxygen atoms in total. The molecule has 0 aliphatic carbocycles. The number of alkyl carbamates (subject to hydrolysis) is 1. The van der Waals surface area contributed by atoms with Crippen LogP contribution in [0.3, 0.4) is 0 Å². The molecule has 3 heterocycles. The van der Waals surface area contributed by atoms with E-state index in [4.69, 9.17) is 10.5 Å². The predicted molar refractivity (Wildman–Crippen MR) is 111 cm³/mol. The first-order valence-corrected chi connectivity index (χ1v) is 10.0. The second-order valence-corrected chi connectivity index (χ2v) is 8.67. The van der Waals surface area contributed by atoms with Gasteiger partial charge in [0.05, 0.1) is 12.2 Å². The van der Waals surface area contributed by atoms with E-state index in [1.54, 1.807) is 26.8 Å². The summed E-state index contributed by atoms with van der Waals surface area (Å²) in [7, 11) is 0. The number of ether oxygens (including phenoxy) is 1. The predicted octanol–water partition coefficient (Wildman–Crippen LogP) is 3.53. The Morgan fingerprint density at radius 3 is 2.69 bits per heavy atom. The van der Waals surface area contributed by atoms with Crippen molar-refractivity contribution in [2.24, 2.45) is 0 Å². The topological polar surface area (TPSA) is 98.3 Å². The summed E-state index contributed by atoms with van der Waals surface area (Å²) in [5, 5.41) is 6.34. The van der Waals surface area contributed by atoms with Gasteiger partial charge in [0.25, 0.3) is 0 Å². The number of hydrogen-bond acceptors (Lipinski definition) is 6. The number of anilines is 2. The summed E-state index contributed by atoms with van der Waals surface area (Å²) in [4.78, 5) is 18.0. The highest BCUT2D eigenvalue weighted by molar-refractivity contribution is 5.79. The van der Waals surface area contributed by atoms with Gasteiger partial charge in [0, 0.05) is 48.4 Å². The molecule has 3 N–H and O–H groups in total. The monoisotopic (exact) mass is 458 g/mol. The number of alkyl halides is 4. The highest BCUT2D eigenvalue weighted by Crippen LogP contribution is 2.34. The Hall–Kier alpha value is -3.05. The lowest BCUT2D eigenvalue weighted by Gasteiger charge is -2.37. The van der Waals surface area contributed by atoms with Crippen molar-refractivity contribution in [2.75, 3.05) is 23.7 Å². The summed E-state index contributed by atoms with van der Waals surface area (Å²) >= 11 is 0. The van der Waals surface area contributed by atoms with Gasteiger partial charge in [0.15, 0.2) is 0 Å². The maximum atomic E-state index is 14.5. The van der Waals surface area contributed by atoms with Crippen LogP contribution in [-0.4, -0.2) is 57.9 Å². The van der Waals surface area contributed by atoms with Gasteiger partial charge in [-0.25, -0.2) is 14.2 Å². The van der Waals surface area contributed by atoms with Crippen LogP contribution >= 0.6 is 0 Å². The van der Waals surface area contributed by atoms with Crippen LogP contribution in [0.2, 0.25) is 0 Å². The molecule has 12 heteroatoms. The molecule has 2 aromatic heterocycles. The summed E-state index contributed by atoms with van der Waals surface area (Å²) in [5.41, 5.74) is 6.59. The van der Waals surface area contributed by atoms with E-state index in [-0.39, 0.29) is 18.8 Å². The Balaban J connectivity index is 1.83. The first kappa shape index (κ1) is 23.6. The van der Waals surface area contributed by atoms with Gasteiger partial charge in [-0.3, -0.25) is 4.68 Å². The summed E-state index contributed by atoms with van der Waals surface area (Å²) in [6.45, 7) is 4.33. The number of rotatable bonds is 4. The van der Waals surface area contributed by atoms with Gasteiger partial charge in [0.2, 0.25) is 0 Å². The van der Waals surface area contributed by atoms with Crippen LogP contribution in [0.4, 0.5) is 33.9 Å². The molecular formula is C20H26F4N6O2. The molecule has 2 atom stereocenters. The molecule has 1 amide bonds. The number of nitrogens with two attached hydrogens (primary N) is 1. The Labute approximate surface area is 182 Å². The van der Waals surface area contributed by atoms with E-state index in [0.29, 0.717) is 23.4 Å². The summed E-state index contributed by atoms with van der Waals surface area (Å²) in [6, 6.07) is 0.730. The van der Waals surface area contributed by atoms with Crippen LogP contribution in [0, 0.1) is 0 Å². The van der Waals surface area contributed by atoms with Crippen molar-refractivity contribution in [1.82, 2.24) is 20.1 Å². The molecule has 1 aliphatic rings. The second-order valence-electron chi connectivity index (χ2n) is 8.67. The second kappa shape index (κ2) is 8.83. The molecule has 1 aliphatic heterocycles. The van der Waals surface area contributed by atoms with E-state index < -0.39 is 36.6 Å². The molecule has 0 aromatic carbocycles. The van der Waals surface area contributed by atoms with Crippen LogP contribution in [-0.2, 0) is 11.3 Å². The van der Waals surface area contributed by atoms with Gasteiger partial charge >= 0.3 is 12.3 Å². The van der Waals surface area contributed by atoms with E-state index in [2.05, 4.69) is 15.4 Å². The molecule has 0 saturated carbocycles. The minimum Gasteiger partial charge on any atom is -0.444 e. The van der Waals surface area contributed by atoms with E-state index >= 15 is 0 Å². The molecule has 1 saturated heterocycles.